The maximum atomic E-state index is 11.6. The van der Waals surface area contributed by atoms with Gasteiger partial charge in [-0.3, -0.25) is 9.69 Å². The van der Waals surface area contributed by atoms with Crippen LogP contribution in [0.5, 0.6) is 5.75 Å². The number of hydrogen-bond donors (Lipinski definition) is 1. The highest BCUT2D eigenvalue weighted by Gasteiger charge is 2.44. The molecule has 1 saturated heterocycles. The third kappa shape index (κ3) is 3.42. The van der Waals surface area contributed by atoms with E-state index in [0.717, 1.165) is 24.2 Å². The van der Waals surface area contributed by atoms with Crippen LogP contribution in [0.4, 0.5) is 0 Å². The van der Waals surface area contributed by atoms with Crippen LogP contribution in [0.2, 0.25) is 0 Å². The summed E-state index contributed by atoms with van der Waals surface area (Å²) in [7, 11) is 1.67. The standard InChI is InChI=1S/C19H25NO3/c1-23-18-11-5-3-7-14(18)9-6-12-20-16-10-4-2-8-15(16)13-17(20)19(21)22/h3,5-7,9,11,15-17H,2,4,8,10,12-13H2,1H3,(H,21,22)/b9-6+. The van der Waals surface area contributed by atoms with Crippen LogP contribution in [-0.4, -0.2) is 41.7 Å². The van der Waals surface area contributed by atoms with Gasteiger partial charge in [-0.25, -0.2) is 0 Å². The van der Waals surface area contributed by atoms with Crippen molar-refractivity contribution in [1.29, 1.82) is 0 Å². The minimum Gasteiger partial charge on any atom is -0.496 e. The molecule has 1 saturated carbocycles. The van der Waals surface area contributed by atoms with Gasteiger partial charge in [0.2, 0.25) is 0 Å². The summed E-state index contributed by atoms with van der Waals surface area (Å²) in [6.45, 7) is 0.691. The van der Waals surface area contributed by atoms with E-state index in [9.17, 15) is 9.90 Å². The average molecular weight is 315 g/mol. The molecule has 2 aliphatic rings. The van der Waals surface area contributed by atoms with Crippen molar-refractivity contribution in [2.24, 2.45) is 5.92 Å². The van der Waals surface area contributed by atoms with E-state index in [1.165, 1.54) is 19.3 Å². The molecule has 0 bridgehead atoms. The van der Waals surface area contributed by atoms with Crippen molar-refractivity contribution in [1.82, 2.24) is 4.90 Å². The van der Waals surface area contributed by atoms with E-state index in [-0.39, 0.29) is 6.04 Å². The number of carboxylic acid groups (broad SMARTS) is 1. The van der Waals surface area contributed by atoms with Gasteiger partial charge < -0.3 is 9.84 Å². The summed E-state index contributed by atoms with van der Waals surface area (Å²) in [6, 6.07) is 7.99. The Balaban J connectivity index is 1.72. The van der Waals surface area contributed by atoms with Gasteiger partial charge in [-0.2, -0.15) is 0 Å². The first-order valence-electron chi connectivity index (χ1n) is 8.49. The highest BCUT2D eigenvalue weighted by atomic mass is 16.5. The summed E-state index contributed by atoms with van der Waals surface area (Å²) < 4.78 is 5.35. The Hall–Kier alpha value is -1.81. The molecule has 1 aliphatic heterocycles. The fourth-order valence-electron chi connectivity index (χ4n) is 4.16. The van der Waals surface area contributed by atoms with Crippen LogP contribution in [0.3, 0.4) is 0 Å². The van der Waals surface area contributed by atoms with E-state index < -0.39 is 5.97 Å². The molecule has 3 unspecified atom stereocenters. The quantitative estimate of drug-likeness (QED) is 0.904. The highest BCUT2D eigenvalue weighted by Crippen LogP contribution is 2.39. The number of benzene rings is 1. The molecule has 1 aromatic rings. The van der Waals surface area contributed by atoms with Gasteiger partial charge in [0.25, 0.3) is 0 Å². The zero-order valence-electron chi connectivity index (χ0n) is 13.6. The summed E-state index contributed by atoms with van der Waals surface area (Å²) in [4.78, 5) is 13.8. The molecule has 1 N–H and O–H groups in total. The van der Waals surface area contributed by atoms with Gasteiger partial charge in [0.05, 0.1) is 7.11 Å². The Kier molecular flexibility index (Phi) is 5.01. The van der Waals surface area contributed by atoms with E-state index in [1.54, 1.807) is 7.11 Å². The largest absolute Gasteiger partial charge is 0.496 e. The van der Waals surface area contributed by atoms with Gasteiger partial charge in [-0.1, -0.05) is 43.2 Å². The minimum absolute atomic E-state index is 0.328. The van der Waals surface area contributed by atoms with Gasteiger partial charge in [0.1, 0.15) is 11.8 Å². The van der Waals surface area contributed by atoms with E-state index in [4.69, 9.17) is 4.74 Å². The topological polar surface area (TPSA) is 49.8 Å². The summed E-state index contributed by atoms with van der Waals surface area (Å²) in [5.74, 6) is 0.727. The Labute approximate surface area is 137 Å². The van der Waals surface area contributed by atoms with E-state index in [0.29, 0.717) is 18.5 Å². The Morgan fingerprint density at radius 2 is 2.13 bits per heavy atom. The van der Waals surface area contributed by atoms with Gasteiger partial charge in [0, 0.05) is 18.2 Å². The van der Waals surface area contributed by atoms with Crippen molar-refractivity contribution >= 4 is 12.0 Å². The molecule has 2 fully saturated rings. The van der Waals surface area contributed by atoms with Crippen LogP contribution in [0.1, 0.15) is 37.7 Å². The number of para-hydroxylation sites is 1. The number of rotatable bonds is 5. The third-order valence-corrected chi connectivity index (χ3v) is 5.26. The molecule has 3 rings (SSSR count). The average Bonchev–Trinajstić information content (AvgIpc) is 2.94. The fraction of sp³-hybridized carbons (Fsp3) is 0.526. The molecular weight excluding hydrogens is 290 g/mol. The Morgan fingerprint density at radius 3 is 2.91 bits per heavy atom. The monoisotopic (exact) mass is 315 g/mol. The Bertz CT molecular complexity index is 584. The molecule has 124 valence electrons. The predicted molar refractivity (Wildman–Crippen MR) is 90.5 cm³/mol. The fourth-order valence-corrected chi connectivity index (χ4v) is 4.16. The number of aliphatic carboxylic acids is 1. The molecule has 0 spiro atoms. The van der Waals surface area contributed by atoms with Crippen molar-refractivity contribution in [3.63, 3.8) is 0 Å². The lowest BCUT2D eigenvalue weighted by atomic mass is 9.85. The third-order valence-electron chi connectivity index (χ3n) is 5.26. The summed E-state index contributed by atoms with van der Waals surface area (Å²) in [5, 5.41) is 9.54. The molecular formula is C19H25NO3. The maximum Gasteiger partial charge on any atom is 0.320 e. The first-order valence-corrected chi connectivity index (χ1v) is 8.49. The predicted octanol–water partition coefficient (Wildman–Crippen LogP) is 3.43. The Morgan fingerprint density at radius 1 is 1.35 bits per heavy atom. The summed E-state index contributed by atoms with van der Waals surface area (Å²) in [6.07, 6.45) is 9.71. The van der Waals surface area contributed by atoms with Crippen molar-refractivity contribution in [3.8, 4) is 5.75 Å². The normalized spacial score (nSPS) is 28.0. The lowest BCUT2D eigenvalue weighted by Crippen LogP contribution is -2.42. The zero-order valence-corrected chi connectivity index (χ0v) is 13.6. The number of carbonyl (C=O) groups is 1. The van der Waals surface area contributed by atoms with Gasteiger partial charge >= 0.3 is 5.97 Å². The molecule has 0 aromatic heterocycles. The first kappa shape index (κ1) is 16.1. The van der Waals surface area contributed by atoms with Crippen LogP contribution in [0.15, 0.2) is 30.3 Å². The van der Waals surface area contributed by atoms with Gasteiger partial charge in [-0.05, 0) is 31.2 Å². The minimum atomic E-state index is -0.676. The molecule has 1 heterocycles. The highest BCUT2D eigenvalue weighted by molar-refractivity contribution is 5.74. The van der Waals surface area contributed by atoms with Crippen molar-refractivity contribution in [2.45, 2.75) is 44.2 Å². The number of methoxy groups -OCH3 is 1. The maximum absolute atomic E-state index is 11.6. The van der Waals surface area contributed by atoms with E-state index in [1.807, 2.05) is 30.3 Å². The lowest BCUT2D eigenvalue weighted by molar-refractivity contribution is -0.142. The van der Waals surface area contributed by atoms with Crippen LogP contribution in [0.25, 0.3) is 6.08 Å². The number of likely N-dealkylation sites (tertiary alicyclic amines) is 1. The molecule has 0 amide bonds. The second kappa shape index (κ2) is 7.18. The summed E-state index contributed by atoms with van der Waals surface area (Å²) in [5.41, 5.74) is 1.03. The first-order chi connectivity index (χ1) is 11.2. The zero-order chi connectivity index (χ0) is 16.2. The second-order valence-electron chi connectivity index (χ2n) is 6.54. The number of carboxylic acids is 1. The number of hydrogen-bond acceptors (Lipinski definition) is 3. The summed E-state index contributed by atoms with van der Waals surface area (Å²) >= 11 is 0. The smallest absolute Gasteiger partial charge is 0.320 e. The lowest BCUT2D eigenvalue weighted by Gasteiger charge is -2.32. The molecule has 23 heavy (non-hydrogen) atoms. The van der Waals surface area contributed by atoms with Gasteiger partial charge in [-0.15, -0.1) is 0 Å². The van der Waals surface area contributed by atoms with Crippen molar-refractivity contribution in [2.75, 3.05) is 13.7 Å². The van der Waals surface area contributed by atoms with Crippen LogP contribution in [0, 0.1) is 5.92 Å². The second-order valence-corrected chi connectivity index (χ2v) is 6.54. The number of fused-ring (bicyclic) bond motifs is 1. The van der Waals surface area contributed by atoms with Gasteiger partial charge in [0.15, 0.2) is 0 Å². The number of ether oxygens (including phenoxy) is 1. The molecule has 1 aromatic carbocycles. The van der Waals surface area contributed by atoms with E-state index in [2.05, 4.69) is 11.0 Å². The van der Waals surface area contributed by atoms with Crippen molar-refractivity contribution < 1.29 is 14.6 Å². The molecule has 1 aliphatic carbocycles. The number of nitrogens with zero attached hydrogens (tertiary/aromatic N) is 1. The molecule has 3 atom stereocenters. The van der Waals surface area contributed by atoms with Crippen LogP contribution in [-0.2, 0) is 4.79 Å². The van der Waals surface area contributed by atoms with Crippen LogP contribution < -0.4 is 4.74 Å². The molecule has 4 heteroatoms. The SMILES string of the molecule is COc1ccccc1/C=C/CN1C(C(=O)O)CC2CCCCC21. The molecule has 0 radical (unpaired) electrons. The van der Waals surface area contributed by atoms with Crippen molar-refractivity contribution in [3.05, 3.63) is 35.9 Å². The van der Waals surface area contributed by atoms with Crippen LogP contribution >= 0.6 is 0 Å². The van der Waals surface area contributed by atoms with E-state index >= 15 is 0 Å². The molecule has 4 nitrogen and oxygen atoms in total.